The van der Waals surface area contributed by atoms with Gasteiger partial charge in [-0.3, -0.25) is 0 Å². The van der Waals surface area contributed by atoms with Gasteiger partial charge in [-0.25, -0.2) is 0 Å². The van der Waals surface area contributed by atoms with Gasteiger partial charge in [-0.05, 0) is 25.7 Å². The number of hydrogen-bond donors (Lipinski definition) is 0. The van der Waals surface area contributed by atoms with Gasteiger partial charge in [0.1, 0.15) is 0 Å². The minimum absolute atomic E-state index is 0. The number of aryl methyl sites for hydroxylation is 2. The van der Waals surface area contributed by atoms with Crippen LogP contribution in [0, 0.1) is 0 Å². The van der Waals surface area contributed by atoms with Crippen LogP contribution in [0.3, 0.4) is 0 Å². The average molecular weight is 675 g/mol. The predicted molar refractivity (Wildman–Crippen MR) is 206 cm³/mol. The van der Waals surface area contributed by atoms with E-state index in [1.165, 1.54) is 167 Å². The SMILES string of the molecule is CCCCCCCCCCCCCCCCc1ccccc1[O-].CCCCCCCCCCCCCCCCc1ccccc1[O-].[Ca+2]. The van der Waals surface area contributed by atoms with E-state index in [1.54, 1.807) is 12.1 Å². The maximum atomic E-state index is 11.6. The van der Waals surface area contributed by atoms with Crippen LogP contribution in [-0.4, -0.2) is 37.7 Å². The van der Waals surface area contributed by atoms with Gasteiger partial charge in [0.05, 0.1) is 0 Å². The Kier molecular flexibility index (Phi) is 36.0. The van der Waals surface area contributed by atoms with Gasteiger partial charge in [-0.1, -0.05) is 240 Å². The molecule has 0 spiro atoms. The molecule has 0 aromatic heterocycles. The molecule has 47 heavy (non-hydrogen) atoms. The summed E-state index contributed by atoms with van der Waals surface area (Å²) in [5.41, 5.74) is 1.98. The van der Waals surface area contributed by atoms with E-state index in [-0.39, 0.29) is 49.2 Å². The van der Waals surface area contributed by atoms with Crippen molar-refractivity contribution in [2.75, 3.05) is 0 Å². The van der Waals surface area contributed by atoms with Crippen LogP contribution in [0.2, 0.25) is 0 Å². The van der Waals surface area contributed by atoms with E-state index in [1.807, 2.05) is 36.4 Å². The molecule has 0 fully saturated rings. The molecule has 0 saturated carbocycles. The van der Waals surface area contributed by atoms with Crippen LogP contribution in [0.25, 0.3) is 0 Å². The first-order chi connectivity index (χ1) is 22.7. The molecule has 264 valence electrons. The Morgan fingerprint density at radius 2 is 0.532 bits per heavy atom. The van der Waals surface area contributed by atoms with E-state index >= 15 is 0 Å². The Labute approximate surface area is 323 Å². The number of hydrogen-bond acceptors (Lipinski definition) is 2. The largest absolute Gasteiger partial charge is 2.00 e. The van der Waals surface area contributed by atoms with E-state index in [9.17, 15) is 10.2 Å². The third-order valence-corrected chi connectivity index (χ3v) is 9.54. The Morgan fingerprint density at radius 3 is 0.766 bits per heavy atom. The van der Waals surface area contributed by atoms with Crippen LogP contribution in [0.15, 0.2) is 48.5 Å². The molecule has 3 heteroatoms. The van der Waals surface area contributed by atoms with Crippen molar-refractivity contribution in [2.24, 2.45) is 0 Å². The van der Waals surface area contributed by atoms with Gasteiger partial charge in [0, 0.05) is 0 Å². The van der Waals surface area contributed by atoms with E-state index < -0.39 is 0 Å². The molecule has 0 aliphatic carbocycles. The van der Waals surface area contributed by atoms with Crippen LogP contribution in [0.1, 0.15) is 205 Å². The molecule has 0 aliphatic heterocycles. The minimum atomic E-state index is 0. The fourth-order valence-corrected chi connectivity index (χ4v) is 6.44. The van der Waals surface area contributed by atoms with Crippen molar-refractivity contribution in [3.05, 3.63) is 59.7 Å². The summed E-state index contributed by atoms with van der Waals surface area (Å²) in [6, 6.07) is 14.9. The van der Waals surface area contributed by atoms with E-state index in [4.69, 9.17) is 0 Å². The zero-order valence-electron chi connectivity index (χ0n) is 31.4. The molecule has 0 amide bonds. The Bertz CT molecular complexity index is 824. The number of para-hydroxylation sites is 2. The Hall–Kier alpha value is -0.700. The van der Waals surface area contributed by atoms with Crippen molar-refractivity contribution in [3.63, 3.8) is 0 Å². The number of unbranched alkanes of at least 4 members (excludes halogenated alkanes) is 26. The fourth-order valence-electron chi connectivity index (χ4n) is 6.44. The minimum Gasteiger partial charge on any atom is -0.872 e. The van der Waals surface area contributed by atoms with E-state index in [0.717, 1.165) is 36.8 Å². The first-order valence-electron chi connectivity index (χ1n) is 20.2. The third-order valence-electron chi connectivity index (χ3n) is 9.54. The smallest absolute Gasteiger partial charge is 0.872 e. The van der Waals surface area contributed by atoms with Gasteiger partial charge in [-0.15, -0.1) is 11.5 Å². The van der Waals surface area contributed by atoms with Crippen molar-refractivity contribution < 1.29 is 10.2 Å². The van der Waals surface area contributed by atoms with Gasteiger partial charge in [0.2, 0.25) is 0 Å². The van der Waals surface area contributed by atoms with Gasteiger partial charge in [0.25, 0.3) is 0 Å². The number of rotatable bonds is 30. The molecule has 0 atom stereocenters. The summed E-state index contributed by atoms with van der Waals surface area (Å²) in [6.45, 7) is 4.56. The van der Waals surface area contributed by atoms with Gasteiger partial charge in [-0.2, -0.15) is 0 Å². The molecule has 0 heterocycles. The molecular weight excluding hydrogens is 601 g/mol. The molecule has 2 aromatic rings. The van der Waals surface area contributed by atoms with Crippen LogP contribution in [0.5, 0.6) is 11.5 Å². The Balaban J connectivity index is 0.000000882. The summed E-state index contributed by atoms with van der Waals surface area (Å²) in [4.78, 5) is 0. The summed E-state index contributed by atoms with van der Waals surface area (Å²) in [7, 11) is 0. The quantitative estimate of drug-likeness (QED) is 0.0611. The molecule has 0 N–H and O–H groups in total. The van der Waals surface area contributed by atoms with E-state index in [2.05, 4.69) is 13.8 Å². The van der Waals surface area contributed by atoms with Crippen LogP contribution >= 0.6 is 0 Å². The van der Waals surface area contributed by atoms with Crippen molar-refractivity contribution >= 4 is 37.7 Å². The number of benzene rings is 2. The van der Waals surface area contributed by atoms with Gasteiger partial charge >= 0.3 is 37.7 Å². The normalized spacial score (nSPS) is 10.8. The van der Waals surface area contributed by atoms with Crippen molar-refractivity contribution in [1.29, 1.82) is 0 Å². The monoisotopic (exact) mass is 675 g/mol. The van der Waals surface area contributed by atoms with Crippen molar-refractivity contribution in [3.8, 4) is 11.5 Å². The second-order valence-corrected chi connectivity index (χ2v) is 13.9. The van der Waals surface area contributed by atoms with E-state index in [0.29, 0.717) is 0 Å². The first kappa shape index (κ1) is 46.3. The van der Waals surface area contributed by atoms with Crippen molar-refractivity contribution in [2.45, 2.75) is 206 Å². The molecule has 0 aliphatic rings. The summed E-state index contributed by atoms with van der Waals surface area (Å²) < 4.78 is 0. The summed E-state index contributed by atoms with van der Waals surface area (Å²) in [6.07, 6.45) is 40.6. The summed E-state index contributed by atoms with van der Waals surface area (Å²) in [5.74, 6) is 0.421. The van der Waals surface area contributed by atoms with Crippen LogP contribution < -0.4 is 10.2 Å². The van der Waals surface area contributed by atoms with Gasteiger partial charge < -0.3 is 10.2 Å². The maximum Gasteiger partial charge on any atom is 2.00 e. The predicted octanol–water partition coefficient (Wildman–Crippen LogP) is 13.2. The van der Waals surface area contributed by atoms with Crippen LogP contribution in [-0.2, 0) is 12.8 Å². The molecular formula is C44H74CaO2. The van der Waals surface area contributed by atoms with Gasteiger partial charge in [0.15, 0.2) is 0 Å². The second kappa shape index (κ2) is 36.6. The molecule has 2 rings (SSSR count). The second-order valence-electron chi connectivity index (χ2n) is 13.9. The standard InChI is InChI=1S/2C22H38O.Ca/c2*1-2-3-4-5-6-7-8-9-10-11-12-13-14-15-18-21-19-16-17-20-22(21)23;/h2*16-17,19-20,23H,2-15,18H2,1H3;/q;;+2/p-2. The fraction of sp³-hybridized carbons (Fsp3) is 0.727. The molecule has 2 nitrogen and oxygen atoms in total. The first-order valence-corrected chi connectivity index (χ1v) is 20.2. The van der Waals surface area contributed by atoms with Crippen LogP contribution in [0.4, 0.5) is 0 Å². The maximum absolute atomic E-state index is 11.6. The topological polar surface area (TPSA) is 46.1 Å². The molecule has 0 unspecified atom stereocenters. The summed E-state index contributed by atoms with van der Waals surface area (Å²) in [5, 5.41) is 23.2. The molecule has 2 aromatic carbocycles. The third kappa shape index (κ3) is 29.9. The molecule has 0 bridgehead atoms. The Morgan fingerprint density at radius 1 is 0.319 bits per heavy atom. The van der Waals surface area contributed by atoms with Crippen molar-refractivity contribution in [1.82, 2.24) is 0 Å². The molecule has 0 radical (unpaired) electrons. The average Bonchev–Trinajstić information content (AvgIpc) is 3.07. The zero-order chi connectivity index (χ0) is 33.2. The summed E-state index contributed by atoms with van der Waals surface area (Å²) >= 11 is 0. The molecule has 0 saturated heterocycles. The zero-order valence-corrected chi connectivity index (χ0v) is 33.6.